The lowest BCUT2D eigenvalue weighted by atomic mass is 10.3. The molecule has 0 saturated heterocycles. The zero-order valence-electron chi connectivity index (χ0n) is 6.71. The Morgan fingerprint density at radius 3 is 2.54 bits per heavy atom. The van der Waals surface area contributed by atoms with Gasteiger partial charge in [-0.25, -0.2) is 0 Å². The zero-order chi connectivity index (χ0) is 9.68. The molecular formula is C9H7NO3. The van der Waals surface area contributed by atoms with Gasteiger partial charge in [0.1, 0.15) is 5.75 Å². The lowest BCUT2D eigenvalue weighted by Gasteiger charge is -2.05. The molecule has 1 aromatic carbocycles. The van der Waals surface area contributed by atoms with Gasteiger partial charge in [-0.1, -0.05) is 18.2 Å². The largest absolute Gasteiger partial charge is 0.420 e. The Balaban J connectivity index is 2.69. The first-order chi connectivity index (χ1) is 6.24. The predicted molar refractivity (Wildman–Crippen MR) is 46.7 cm³/mol. The average molecular weight is 177 g/mol. The van der Waals surface area contributed by atoms with Crippen molar-refractivity contribution in [2.45, 2.75) is 6.23 Å². The van der Waals surface area contributed by atoms with E-state index in [0.717, 1.165) is 0 Å². The molecule has 0 N–H and O–H groups in total. The summed E-state index contributed by atoms with van der Waals surface area (Å²) in [5, 5.41) is 10.3. The van der Waals surface area contributed by atoms with E-state index >= 15 is 0 Å². The van der Waals surface area contributed by atoms with Crippen LogP contribution < -0.4 is 4.74 Å². The number of benzene rings is 1. The monoisotopic (exact) mass is 177 g/mol. The van der Waals surface area contributed by atoms with Crippen molar-refractivity contribution in [3.05, 3.63) is 40.4 Å². The van der Waals surface area contributed by atoms with Gasteiger partial charge in [-0.05, 0) is 12.1 Å². The van der Waals surface area contributed by atoms with E-state index in [-0.39, 0.29) is 0 Å². The number of terminal acetylenes is 1. The van der Waals surface area contributed by atoms with Crippen molar-refractivity contribution >= 4 is 0 Å². The van der Waals surface area contributed by atoms with Gasteiger partial charge in [-0.15, -0.1) is 6.42 Å². The van der Waals surface area contributed by atoms with Crippen LogP contribution in [-0.4, -0.2) is 11.2 Å². The fraction of sp³-hybridized carbons (Fsp3) is 0.111. The molecule has 0 saturated carbocycles. The van der Waals surface area contributed by atoms with Crippen LogP contribution in [0.1, 0.15) is 0 Å². The van der Waals surface area contributed by atoms with E-state index in [1.165, 1.54) is 0 Å². The molecule has 0 bridgehead atoms. The second kappa shape index (κ2) is 4.12. The number of hydrogen-bond acceptors (Lipinski definition) is 3. The maximum atomic E-state index is 10.3. The molecule has 1 unspecified atom stereocenters. The number of hydrogen-bond donors (Lipinski definition) is 0. The zero-order valence-corrected chi connectivity index (χ0v) is 6.71. The number of ether oxygens (including phenoxy) is 1. The molecule has 0 spiro atoms. The number of nitrogens with zero attached hydrogens (tertiary/aromatic N) is 1. The fourth-order valence-corrected chi connectivity index (χ4v) is 0.766. The van der Waals surface area contributed by atoms with Crippen LogP contribution in [-0.2, 0) is 0 Å². The maximum absolute atomic E-state index is 10.3. The summed E-state index contributed by atoms with van der Waals surface area (Å²) in [5.41, 5.74) is 0. The Kier molecular flexibility index (Phi) is 2.87. The van der Waals surface area contributed by atoms with Crippen molar-refractivity contribution in [1.82, 2.24) is 0 Å². The van der Waals surface area contributed by atoms with Crippen LogP contribution >= 0.6 is 0 Å². The molecule has 13 heavy (non-hydrogen) atoms. The van der Waals surface area contributed by atoms with Crippen molar-refractivity contribution in [1.29, 1.82) is 0 Å². The van der Waals surface area contributed by atoms with E-state index < -0.39 is 11.2 Å². The molecule has 4 nitrogen and oxygen atoms in total. The summed E-state index contributed by atoms with van der Waals surface area (Å²) in [6.07, 6.45) is 3.49. The molecule has 0 aromatic heterocycles. The van der Waals surface area contributed by atoms with Crippen molar-refractivity contribution < 1.29 is 9.66 Å². The number of rotatable bonds is 3. The maximum Gasteiger partial charge on any atom is 0.418 e. The van der Waals surface area contributed by atoms with Crippen molar-refractivity contribution in [2.75, 3.05) is 0 Å². The van der Waals surface area contributed by atoms with Crippen molar-refractivity contribution in [2.24, 2.45) is 0 Å². The Bertz CT molecular complexity index is 328. The molecule has 1 atom stereocenters. The molecular weight excluding hydrogens is 170 g/mol. The molecule has 66 valence electrons. The van der Waals surface area contributed by atoms with Gasteiger partial charge in [0.25, 0.3) is 0 Å². The van der Waals surface area contributed by atoms with Gasteiger partial charge in [0.05, 0.1) is 4.92 Å². The van der Waals surface area contributed by atoms with Crippen LogP contribution in [0.25, 0.3) is 0 Å². The molecule has 0 amide bonds. The summed E-state index contributed by atoms with van der Waals surface area (Å²) in [6, 6.07) is 8.41. The van der Waals surface area contributed by atoms with Crippen LogP contribution in [0, 0.1) is 22.5 Å². The molecule has 0 heterocycles. The van der Waals surface area contributed by atoms with E-state index in [4.69, 9.17) is 11.2 Å². The molecule has 1 aromatic rings. The highest BCUT2D eigenvalue weighted by Gasteiger charge is 2.16. The van der Waals surface area contributed by atoms with Gasteiger partial charge >= 0.3 is 6.23 Å². The fourth-order valence-electron chi connectivity index (χ4n) is 0.766. The Hall–Kier alpha value is -2.02. The second-order valence-electron chi connectivity index (χ2n) is 2.24. The standard InChI is InChI=1S/C9H7NO3/c1-2-9(10(11)12)13-8-6-4-3-5-7-8/h1,3-7,9H. The highest BCUT2D eigenvalue weighted by Crippen LogP contribution is 2.10. The predicted octanol–water partition coefficient (Wildman–Crippen LogP) is 1.30. The topological polar surface area (TPSA) is 52.4 Å². The minimum absolute atomic E-state index is 0.391. The molecule has 0 aliphatic rings. The van der Waals surface area contributed by atoms with Gasteiger partial charge in [-0.3, -0.25) is 10.1 Å². The van der Waals surface area contributed by atoms with E-state index in [2.05, 4.69) is 0 Å². The third-order valence-corrected chi connectivity index (χ3v) is 1.32. The second-order valence-corrected chi connectivity index (χ2v) is 2.24. The molecule has 4 heteroatoms. The summed E-state index contributed by atoms with van der Waals surface area (Å²) < 4.78 is 4.89. The van der Waals surface area contributed by atoms with E-state index in [0.29, 0.717) is 5.75 Å². The van der Waals surface area contributed by atoms with E-state index in [1.54, 1.807) is 30.3 Å². The van der Waals surface area contributed by atoms with Crippen LogP contribution in [0.5, 0.6) is 5.75 Å². The number of para-hydroxylation sites is 1. The van der Waals surface area contributed by atoms with Gasteiger partial charge < -0.3 is 4.74 Å². The van der Waals surface area contributed by atoms with Crippen LogP contribution in [0.15, 0.2) is 30.3 Å². The lowest BCUT2D eigenvalue weighted by molar-refractivity contribution is -0.544. The third kappa shape index (κ3) is 2.49. The highest BCUT2D eigenvalue weighted by molar-refractivity contribution is 5.21. The Labute approximate surface area is 75.3 Å². The molecule has 0 fully saturated rings. The molecule has 1 rings (SSSR count). The average Bonchev–Trinajstić information content (AvgIpc) is 2.15. The summed E-state index contributed by atoms with van der Waals surface area (Å²) in [5.74, 6) is 2.32. The summed E-state index contributed by atoms with van der Waals surface area (Å²) in [7, 11) is 0. The van der Waals surface area contributed by atoms with Gasteiger partial charge in [0.2, 0.25) is 0 Å². The SMILES string of the molecule is C#CC(Oc1ccccc1)[N+](=O)[O-]. The summed E-state index contributed by atoms with van der Waals surface area (Å²) >= 11 is 0. The quantitative estimate of drug-likeness (QED) is 0.302. The van der Waals surface area contributed by atoms with E-state index in [1.807, 2.05) is 5.92 Å². The first-order valence-corrected chi connectivity index (χ1v) is 3.55. The molecule has 0 aliphatic heterocycles. The van der Waals surface area contributed by atoms with Crippen LogP contribution in [0.4, 0.5) is 0 Å². The lowest BCUT2D eigenvalue weighted by Crippen LogP contribution is -2.24. The highest BCUT2D eigenvalue weighted by atomic mass is 16.7. The smallest absolute Gasteiger partial charge is 0.418 e. The Morgan fingerprint density at radius 1 is 1.46 bits per heavy atom. The van der Waals surface area contributed by atoms with Crippen LogP contribution in [0.3, 0.4) is 0 Å². The Morgan fingerprint density at radius 2 is 2.08 bits per heavy atom. The van der Waals surface area contributed by atoms with Gasteiger partial charge in [-0.2, -0.15) is 0 Å². The number of nitro groups is 1. The molecule has 0 aliphatic carbocycles. The first kappa shape index (κ1) is 9.07. The van der Waals surface area contributed by atoms with E-state index in [9.17, 15) is 10.1 Å². The normalized spacial score (nSPS) is 11.3. The van der Waals surface area contributed by atoms with Gasteiger partial charge in [0, 0.05) is 5.92 Å². The van der Waals surface area contributed by atoms with Crippen molar-refractivity contribution in [3.8, 4) is 18.1 Å². The van der Waals surface area contributed by atoms with Gasteiger partial charge in [0.15, 0.2) is 0 Å². The first-order valence-electron chi connectivity index (χ1n) is 3.55. The minimum atomic E-state index is -1.41. The van der Waals surface area contributed by atoms with Crippen molar-refractivity contribution in [3.63, 3.8) is 0 Å². The third-order valence-electron chi connectivity index (χ3n) is 1.32. The molecule has 0 radical (unpaired) electrons. The summed E-state index contributed by atoms with van der Waals surface area (Å²) in [4.78, 5) is 9.61. The summed E-state index contributed by atoms with van der Waals surface area (Å²) in [6.45, 7) is 0. The minimum Gasteiger partial charge on any atom is -0.420 e. The van der Waals surface area contributed by atoms with Crippen LogP contribution in [0.2, 0.25) is 0 Å².